The van der Waals surface area contributed by atoms with Gasteiger partial charge in [-0.2, -0.15) is 0 Å². The number of benzene rings is 1. The summed E-state index contributed by atoms with van der Waals surface area (Å²) >= 11 is 0. The fourth-order valence-electron chi connectivity index (χ4n) is 1.27. The van der Waals surface area contributed by atoms with Crippen molar-refractivity contribution in [1.29, 1.82) is 0 Å². The van der Waals surface area contributed by atoms with Gasteiger partial charge in [-0.25, -0.2) is 0 Å². The first-order chi connectivity index (χ1) is 5.88. The Morgan fingerprint density at radius 3 is 3.17 bits per heavy atom. The standard InChI is InChI=1S/C11H8O/c12-11-8-4-6-9-5-2-1-3-7-10(9)11/h2,4-6,8,12H,7H2. The molecule has 0 radical (unpaired) electrons. The number of hydrogen-bond acceptors (Lipinski definition) is 1. The van der Waals surface area contributed by atoms with Crippen LogP contribution in [0.3, 0.4) is 0 Å². The summed E-state index contributed by atoms with van der Waals surface area (Å²) < 4.78 is 0. The van der Waals surface area contributed by atoms with Crippen molar-refractivity contribution in [3.63, 3.8) is 0 Å². The third kappa shape index (κ3) is 1.08. The molecule has 1 N–H and O–H groups in total. The summed E-state index contributed by atoms with van der Waals surface area (Å²) in [7, 11) is 0. The summed E-state index contributed by atoms with van der Waals surface area (Å²) in [5.41, 5.74) is 1.98. The number of aromatic hydroxyl groups is 1. The van der Waals surface area contributed by atoms with Crippen LogP contribution in [-0.4, -0.2) is 5.11 Å². The largest absolute Gasteiger partial charge is 0.508 e. The van der Waals surface area contributed by atoms with Crippen LogP contribution in [0.4, 0.5) is 0 Å². The lowest BCUT2D eigenvalue weighted by Gasteiger charge is -2.03. The molecule has 0 atom stereocenters. The van der Waals surface area contributed by atoms with Gasteiger partial charge in [0, 0.05) is 12.0 Å². The topological polar surface area (TPSA) is 20.2 Å². The van der Waals surface area contributed by atoms with Crippen LogP contribution >= 0.6 is 0 Å². The van der Waals surface area contributed by atoms with E-state index in [9.17, 15) is 5.11 Å². The summed E-state index contributed by atoms with van der Waals surface area (Å²) in [5.74, 6) is 6.17. The number of rotatable bonds is 0. The van der Waals surface area contributed by atoms with E-state index in [1.54, 1.807) is 6.07 Å². The van der Waals surface area contributed by atoms with E-state index in [2.05, 4.69) is 11.8 Å². The Labute approximate surface area is 71.4 Å². The molecule has 0 unspecified atom stereocenters. The highest BCUT2D eigenvalue weighted by Gasteiger charge is 2.04. The van der Waals surface area contributed by atoms with Crippen molar-refractivity contribution in [2.24, 2.45) is 0 Å². The van der Waals surface area contributed by atoms with Crippen LogP contribution in [0.15, 0.2) is 24.3 Å². The van der Waals surface area contributed by atoms with Gasteiger partial charge >= 0.3 is 0 Å². The predicted octanol–water partition coefficient (Wildman–Crippen LogP) is 1.96. The molecule has 0 aliphatic heterocycles. The minimum atomic E-state index is 0.341. The summed E-state index contributed by atoms with van der Waals surface area (Å²) in [6, 6.07) is 5.50. The number of phenolic OH excluding ortho intramolecular Hbond substituents is 1. The minimum absolute atomic E-state index is 0.341. The fraction of sp³-hybridized carbons (Fsp3) is 0.0909. The molecule has 1 nitrogen and oxygen atoms in total. The van der Waals surface area contributed by atoms with E-state index >= 15 is 0 Å². The maximum Gasteiger partial charge on any atom is 0.120 e. The second kappa shape index (κ2) is 2.75. The van der Waals surface area contributed by atoms with E-state index in [0.717, 1.165) is 11.1 Å². The lowest BCUT2D eigenvalue weighted by molar-refractivity contribution is 0.470. The van der Waals surface area contributed by atoms with Crippen LogP contribution in [-0.2, 0) is 6.42 Å². The van der Waals surface area contributed by atoms with Crippen LogP contribution in [0, 0.1) is 11.8 Å². The Morgan fingerprint density at radius 2 is 2.25 bits per heavy atom. The molecule has 1 aliphatic rings. The molecule has 1 heteroatoms. The first-order valence-electron chi connectivity index (χ1n) is 3.84. The van der Waals surface area contributed by atoms with E-state index in [0.29, 0.717) is 12.2 Å². The molecule has 0 saturated carbocycles. The smallest absolute Gasteiger partial charge is 0.120 e. The molecular weight excluding hydrogens is 148 g/mol. The van der Waals surface area contributed by atoms with Gasteiger partial charge in [0.2, 0.25) is 0 Å². The number of allylic oxidation sites excluding steroid dienone is 1. The maximum atomic E-state index is 9.48. The zero-order chi connectivity index (χ0) is 8.39. The minimum Gasteiger partial charge on any atom is -0.508 e. The van der Waals surface area contributed by atoms with E-state index in [4.69, 9.17) is 0 Å². The van der Waals surface area contributed by atoms with Gasteiger partial charge in [0.25, 0.3) is 0 Å². The molecule has 0 bridgehead atoms. The fourth-order valence-corrected chi connectivity index (χ4v) is 1.27. The molecule has 1 aromatic carbocycles. The van der Waals surface area contributed by atoms with Crippen molar-refractivity contribution in [1.82, 2.24) is 0 Å². The van der Waals surface area contributed by atoms with Gasteiger partial charge in [0.05, 0.1) is 0 Å². The molecular formula is C11H8O. The molecule has 2 rings (SSSR count). The molecule has 12 heavy (non-hydrogen) atoms. The van der Waals surface area contributed by atoms with Crippen LogP contribution in [0.25, 0.3) is 6.08 Å². The molecule has 58 valence electrons. The summed E-state index contributed by atoms with van der Waals surface area (Å²) in [6.07, 6.45) is 4.37. The monoisotopic (exact) mass is 156 g/mol. The Kier molecular flexibility index (Phi) is 1.60. The lowest BCUT2D eigenvalue weighted by Crippen LogP contribution is -1.86. The van der Waals surface area contributed by atoms with E-state index < -0.39 is 0 Å². The SMILES string of the molecule is Oc1cccc2c1CC#CC=C2. The van der Waals surface area contributed by atoms with E-state index in [1.807, 2.05) is 24.3 Å². The molecule has 0 aromatic heterocycles. The van der Waals surface area contributed by atoms with Gasteiger partial charge in [-0.1, -0.05) is 24.0 Å². The molecule has 0 heterocycles. The van der Waals surface area contributed by atoms with E-state index in [1.165, 1.54) is 0 Å². The average Bonchev–Trinajstić information content (AvgIpc) is 2.30. The first-order valence-corrected chi connectivity index (χ1v) is 3.84. The summed E-state index contributed by atoms with van der Waals surface area (Å²) in [5, 5.41) is 9.48. The Hall–Kier alpha value is -1.68. The van der Waals surface area contributed by atoms with Gasteiger partial charge in [0.1, 0.15) is 5.75 Å². The number of hydrogen-bond donors (Lipinski definition) is 1. The van der Waals surface area contributed by atoms with Crippen molar-refractivity contribution in [3.8, 4) is 17.6 Å². The van der Waals surface area contributed by atoms with Crippen molar-refractivity contribution in [2.75, 3.05) is 0 Å². The summed E-state index contributed by atoms with van der Waals surface area (Å²) in [4.78, 5) is 0. The average molecular weight is 156 g/mol. The Bertz CT molecular complexity index is 391. The van der Waals surface area contributed by atoms with Gasteiger partial charge in [-0.3, -0.25) is 0 Å². The highest BCUT2D eigenvalue weighted by molar-refractivity contribution is 5.62. The molecule has 0 saturated heterocycles. The second-order valence-corrected chi connectivity index (χ2v) is 2.68. The molecule has 1 aliphatic carbocycles. The molecule has 0 fully saturated rings. The van der Waals surface area contributed by atoms with Crippen molar-refractivity contribution in [3.05, 3.63) is 35.4 Å². The van der Waals surface area contributed by atoms with Crippen molar-refractivity contribution >= 4 is 6.08 Å². The Morgan fingerprint density at radius 1 is 1.33 bits per heavy atom. The zero-order valence-corrected chi connectivity index (χ0v) is 6.54. The van der Waals surface area contributed by atoms with Crippen molar-refractivity contribution in [2.45, 2.75) is 6.42 Å². The zero-order valence-electron chi connectivity index (χ0n) is 6.54. The second-order valence-electron chi connectivity index (χ2n) is 2.68. The predicted molar refractivity (Wildman–Crippen MR) is 48.6 cm³/mol. The normalized spacial score (nSPS) is 12.7. The third-order valence-corrected chi connectivity index (χ3v) is 1.90. The highest BCUT2D eigenvalue weighted by Crippen LogP contribution is 2.23. The van der Waals surface area contributed by atoms with Crippen LogP contribution in [0.2, 0.25) is 0 Å². The van der Waals surface area contributed by atoms with Gasteiger partial charge in [-0.15, -0.1) is 0 Å². The van der Waals surface area contributed by atoms with Crippen molar-refractivity contribution < 1.29 is 5.11 Å². The molecule has 0 spiro atoms. The molecule has 1 aromatic rings. The highest BCUT2D eigenvalue weighted by atomic mass is 16.3. The van der Waals surface area contributed by atoms with Crippen LogP contribution < -0.4 is 0 Å². The van der Waals surface area contributed by atoms with E-state index in [-0.39, 0.29) is 0 Å². The number of phenols is 1. The van der Waals surface area contributed by atoms with Crippen LogP contribution in [0.1, 0.15) is 11.1 Å². The third-order valence-electron chi connectivity index (χ3n) is 1.90. The maximum absolute atomic E-state index is 9.48. The van der Waals surface area contributed by atoms with Gasteiger partial charge < -0.3 is 5.11 Å². The van der Waals surface area contributed by atoms with Gasteiger partial charge in [0.15, 0.2) is 0 Å². The first kappa shape index (κ1) is 7.00. The Balaban J connectivity index is 2.62. The number of fused-ring (bicyclic) bond motifs is 1. The lowest BCUT2D eigenvalue weighted by atomic mass is 10.0. The summed E-state index contributed by atoms with van der Waals surface area (Å²) in [6.45, 7) is 0. The van der Waals surface area contributed by atoms with Gasteiger partial charge in [-0.05, 0) is 23.8 Å². The molecule has 0 amide bonds. The quantitative estimate of drug-likeness (QED) is 0.569. The van der Waals surface area contributed by atoms with Crippen LogP contribution in [0.5, 0.6) is 5.75 Å².